The molecule has 4 aromatic rings. The summed E-state index contributed by atoms with van der Waals surface area (Å²) in [6.45, 7) is 2.31. The fraction of sp³-hybridized carbons (Fsp3) is 0.182. The van der Waals surface area contributed by atoms with Gasteiger partial charge in [0.15, 0.2) is 0 Å². The lowest BCUT2D eigenvalue weighted by Crippen LogP contribution is -2.35. The summed E-state index contributed by atoms with van der Waals surface area (Å²) in [5.41, 5.74) is 4.79. The summed E-state index contributed by atoms with van der Waals surface area (Å²) in [7, 11) is 0. The third-order valence-corrected chi connectivity index (χ3v) is 5.50. The zero-order chi connectivity index (χ0) is 19.1. The third-order valence-electron chi connectivity index (χ3n) is 5.25. The van der Waals surface area contributed by atoms with Crippen molar-refractivity contribution in [3.8, 4) is 11.4 Å². The Bertz CT molecular complexity index is 1180. The molecule has 2 aromatic heterocycles. The molecule has 0 atom stereocenters. The van der Waals surface area contributed by atoms with Crippen LogP contribution in [-0.4, -0.2) is 26.4 Å². The molecular formula is C22H19ClN4O. The van der Waals surface area contributed by atoms with E-state index in [1.807, 2.05) is 24.3 Å². The van der Waals surface area contributed by atoms with Gasteiger partial charge in [-0.1, -0.05) is 29.8 Å². The zero-order valence-corrected chi connectivity index (χ0v) is 16.0. The summed E-state index contributed by atoms with van der Waals surface area (Å²) < 4.78 is 0. The van der Waals surface area contributed by atoms with Crippen molar-refractivity contribution in [1.29, 1.82) is 0 Å². The van der Waals surface area contributed by atoms with Crippen molar-refractivity contribution in [2.45, 2.75) is 19.5 Å². The molecule has 0 unspecified atom stereocenters. The average Bonchev–Trinajstić information content (AvgIpc) is 3.10. The minimum Gasteiger partial charge on any atom is -0.357 e. The molecule has 2 N–H and O–H groups in total. The largest absolute Gasteiger partial charge is 0.357 e. The maximum Gasteiger partial charge on any atom is 0.254 e. The SMILES string of the molecule is O=c1[nH]c(-c2ccc(Cl)cc2)nc2c1CCN(Cc1cc3ccccc3[nH]1)C2. The zero-order valence-electron chi connectivity index (χ0n) is 15.2. The number of aromatic amines is 2. The van der Waals surface area contributed by atoms with Crippen LogP contribution in [0, 0.1) is 0 Å². The minimum atomic E-state index is -0.0415. The predicted octanol–water partition coefficient (Wildman–Crippen LogP) is 4.13. The number of nitrogens with one attached hydrogen (secondary N) is 2. The molecule has 6 heteroatoms. The monoisotopic (exact) mass is 390 g/mol. The second kappa shape index (κ2) is 6.93. The lowest BCUT2D eigenvalue weighted by atomic mass is 10.1. The second-order valence-corrected chi connectivity index (χ2v) is 7.63. The Morgan fingerprint density at radius 1 is 1.07 bits per heavy atom. The van der Waals surface area contributed by atoms with Crippen LogP contribution in [0.2, 0.25) is 5.02 Å². The van der Waals surface area contributed by atoms with E-state index in [2.05, 4.69) is 33.1 Å². The van der Waals surface area contributed by atoms with Crippen molar-refractivity contribution in [3.05, 3.63) is 86.9 Å². The number of halogens is 1. The summed E-state index contributed by atoms with van der Waals surface area (Å²) in [6.07, 6.45) is 0.707. The smallest absolute Gasteiger partial charge is 0.254 e. The number of hydrogen-bond acceptors (Lipinski definition) is 3. The van der Waals surface area contributed by atoms with E-state index in [1.54, 1.807) is 12.1 Å². The highest BCUT2D eigenvalue weighted by Gasteiger charge is 2.22. The number of aromatic nitrogens is 3. The molecule has 3 heterocycles. The number of H-pyrrole nitrogens is 2. The molecule has 0 bridgehead atoms. The highest BCUT2D eigenvalue weighted by molar-refractivity contribution is 6.30. The van der Waals surface area contributed by atoms with Crippen molar-refractivity contribution in [3.63, 3.8) is 0 Å². The Balaban J connectivity index is 1.42. The Labute approximate surface area is 167 Å². The van der Waals surface area contributed by atoms with Gasteiger partial charge in [0, 0.05) is 47.0 Å². The van der Waals surface area contributed by atoms with Crippen LogP contribution in [0.1, 0.15) is 17.0 Å². The van der Waals surface area contributed by atoms with Crippen molar-refractivity contribution in [2.75, 3.05) is 6.54 Å². The molecule has 0 radical (unpaired) electrons. The third kappa shape index (κ3) is 3.23. The van der Waals surface area contributed by atoms with Gasteiger partial charge in [0.25, 0.3) is 5.56 Å². The summed E-state index contributed by atoms with van der Waals surface area (Å²) in [4.78, 5) is 26.0. The Morgan fingerprint density at radius 3 is 2.71 bits per heavy atom. The molecule has 0 spiro atoms. The Hall–Kier alpha value is -2.89. The van der Waals surface area contributed by atoms with E-state index in [0.29, 0.717) is 23.8 Å². The molecule has 1 aliphatic rings. The van der Waals surface area contributed by atoms with Crippen LogP contribution in [-0.2, 0) is 19.5 Å². The topological polar surface area (TPSA) is 64.8 Å². The van der Waals surface area contributed by atoms with Crippen LogP contribution in [0.4, 0.5) is 0 Å². The highest BCUT2D eigenvalue weighted by Crippen LogP contribution is 2.22. The fourth-order valence-corrected chi connectivity index (χ4v) is 3.96. The maximum atomic E-state index is 12.6. The van der Waals surface area contributed by atoms with Crippen LogP contribution in [0.25, 0.3) is 22.3 Å². The van der Waals surface area contributed by atoms with Gasteiger partial charge in [0.2, 0.25) is 0 Å². The Kier molecular flexibility index (Phi) is 4.26. The van der Waals surface area contributed by atoms with Gasteiger partial charge >= 0.3 is 0 Å². The van der Waals surface area contributed by atoms with E-state index in [-0.39, 0.29) is 5.56 Å². The van der Waals surface area contributed by atoms with E-state index >= 15 is 0 Å². The number of rotatable bonds is 3. The van der Waals surface area contributed by atoms with E-state index in [9.17, 15) is 4.79 Å². The molecule has 140 valence electrons. The summed E-state index contributed by atoms with van der Waals surface area (Å²) in [5, 5.41) is 1.88. The minimum absolute atomic E-state index is 0.0415. The van der Waals surface area contributed by atoms with Gasteiger partial charge in [-0.15, -0.1) is 0 Å². The van der Waals surface area contributed by atoms with E-state index in [0.717, 1.165) is 35.4 Å². The van der Waals surface area contributed by atoms with Gasteiger partial charge in [-0.25, -0.2) is 4.98 Å². The molecule has 1 aliphatic heterocycles. The molecule has 0 aliphatic carbocycles. The molecule has 0 amide bonds. The van der Waals surface area contributed by atoms with E-state index < -0.39 is 0 Å². The van der Waals surface area contributed by atoms with E-state index in [1.165, 1.54) is 11.1 Å². The quantitative estimate of drug-likeness (QED) is 0.552. The molecule has 28 heavy (non-hydrogen) atoms. The lowest BCUT2D eigenvalue weighted by molar-refractivity contribution is 0.238. The Morgan fingerprint density at radius 2 is 1.89 bits per heavy atom. The van der Waals surface area contributed by atoms with Crippen LogP contribution >= 0.6 is 11.6 Å². The van der Waals surface area contributed by atoms with Crippen LogP contribution in [0.3, 0.4) is 0 Å². The van der Waals surface area contributed by atoms with E-state index in [4.69, 9.17) is 16.6 Å². The first-order chi connectivity index (χ1) is 13.7. The normalized spacial score (nSPS) is 14.3. The van der Waals surface area contributed by atoms with Gasteiger partial charge in [0.1, 0.15) is 5.82 Å². The molecule has 5 nitrogen and oxygen atoms in total. The van der Waals surface area contributed by atoms with Crippen LogP contribution in [0.5, 0.6) is 0 Å². The molecule has 0 saturated carbocycles. The standard InChI is InChI=1S/C22H19ClN4O/c23-16-7-5-14(6-8-16)21-25-20-13-27(10-9-18(20)22(28)26-21)12-17-11-15-3-1-2-4-19(15)24-17/h1-8,11,24H,9-10,12-13H2,(H,25,26,28). The molecule has 5 rings (SSSR count). The fourth-order valence-electron chi connectivity index (χ4n) is 3.83. The lowest BCUT2D eigenvalue weighted by Gasteiger charge is -2.27. The molecule has 0 fully saturated rings. The number of nitrogens with zero attached hydrogens (tertiary/aromatic N) is 2. The van der Waals surface area contributed by atoms with Gasteiger partial charge < -0.3 is 9.97 Å². The molecule has 2 aromatic carbocycles. The van der Waals surface area contributed by atoms with Crippen molar-refractivity contribution in [1.82, 2.24) is 19.9 Å². The van der Waals surface area contributed by atoms with Crippen molar-refractivity contribution in [2.24, 2.45) is 0 Å². The summed E-state index contributed by atoms with van der Waals surface area (Å²) in [5.74, 6) is 0.591. The highest BCUT2D eigenvalue weighted by atomic mass is 35.5. The summed E-state index contributed by atoms with van der Waals surface area (Å²) >= 11 is 5.97. The first kappa shape index (κ1) is 17.2. The molecule has 0 saturated heterocycles. The first-order valence-electron chi connectivity index (χ1n) is 9.33. The average molecular weight is 391 g/mol. The van der Waals surface area contributed by atoms with Crippen LogP contribution < -0.4 is 5.56 Å². The van der Waals surface area contributed by atoms with Crippen molar-refractivity contribution < 1.29 is 0 Å². The molecular weight excluding hydrogens is 372 g/mol. The maximum absolute atomic E-state index is 12.6. The predicted molar refractivity (Wildman–Crippen MR) is 111 cm³/mol. The van der Waals surface area contributed by atoms with Gasteiger partial charge in [0.05, 0.1) is 5.69 Å². The number of hydrogen-bond donors (Lipinski definition) is 2. The summed E-state index contributed by atoms with van der Waals surface area (Å²) in [6, 6.07) is 17.8. The first-order valence-corrected chi connectivity index (χ1v) is 9.70. The van der Waals surface area contributed by atoms with Gasteiger partial charge in [-0.3, -0.25) is 9.69 Å². The number of benzene rings is 2. The van der Waals surface area contributed by atoms with Crippen LogP contribution in [0.15, 0.2) is 59.4 Å². The van der Waals surface area contributed by atoms with Gasteiger partial charge in [-0.2, -0.15) is 0 Å². The number of para-hydroxylation sites is 1. The number of fused-ring (bicyclic) bond motifs is 2. The second-order valence-electron chi connectivity index (χ2n) is 7.19. The van der Waals surface area contributed by atoms with Gasteiger partial charge in [-0.05, 0) is 48.2 Å². The van der Waals surface area contributed by atoms with Crippen molar-refractivity contribution >= 4 is 22.5 Å².